The summed E-state index contributed by atoms with van der Waals surface area (Å²) in [5.74, 6) is -1.18. The van der Waals surface area contributed by atoms with Gasteiger partial charge in [0.25, 0.3) is 5.56 Å². The molecule has 2 aromatic rings. The molecule has 0 saturated heterocycles. The molecule has 104 valence electrons. The van der Waals surface area contributed by atoms with Gasteiger partial charge < -0.3 is 9.67 Å². The quantitative estimate of drug-likeness (QED) is 0.909. The number of rotatable bonds is 5. The molecule has 0 aliphatic heterocycles. The third-order valence-electron chi connectivity index (χ3n) is 3.18. The second-order valence-electron chi connectivity index (χ2n) is 4.67. The van der Waals surface area contributed by atoms with E-state index < -0.39 is 11.5 Å². The molecule has 1 aromatic carbocycles. The summed E-state index contributed by atoms with van der Waals surface area (Å²) in [6.45, 7) is 2.57. The molecule has 1 aromatic heterocycles. The molecule has 0 aliphatic rings. The van der Waals surface area contributed by atoms with Crippen LogP contribution >= 0.6 is 0 Å². The third kappa shape index (κ3) is 2.96. The summed E-state index contributed by atoms with van der Waals surface area (Å²) in [5.41, 5.74) is 1.03. The second kappa shape index (κ2) is 6.19. The largest absolute Gasteiger partial charge is 0.477 e. The number of benzene rings is 1. The first-order chi connectivity index (χ1) is 9.63. The Labute approximate surface area is 117 Å². The van der Waals surface area contributed by atoms with Gasteiger partial charge in [0.1, 0.15) is 5.56 Å². The van der Waals surface area contributed by atoms with E-state index in [4.69, 9.17) is 0 Å². The standard InChI is InChI=1S/C16H17NO3/c1-2-3-9-17-11-13(12-7-5-4-6-8-12)10-14(15(17)18)16(19)20/h4-8,10-11H,2-3,9H2,1H3,(H,19,20). The Balaban J connectivity index is 2.56. The minimum absolute atomic E-state index is 0.178. The number of carboxylic acid groups (broad SMARTS) is 1. The van der Waals surface area contributed by atoms with Gasteiger partial charge in [0.15, 0.2) is 0 Å². The van der Waals surface area contributed by atoms with Crippen molar-refractivity contribution in [3.63, 3.8) is 0 Å². The molecule has 0 unspecified atom stereocenters. The van der Waals surface area contributed by atoms with Gasteiger partial charge in [-0.2, -0.15) is 0 Å². The van der Waals surface area contributed by atoms with Crippen LogP contribution in [0.1, 0.15) is 30.1 Å². The van der Waals surface area contributed by atoms with E-state index in [0.717, 1.165) is 24.0 Å². The van der Waals surface area contributed by atoms with Crippen LogP contribution in [0, 0.1) is 0 Å². The maximum atomic E-state index is 12.1. The molecular weight excluding hydrogens is 254 g/mol. The summed E-state index contributed by atoms with van der Waals surface area (Å²) in [6, 6.07) is 10.9. The molecular formula is C16H17NO3. The first-order valence-electron chi connectivity index (χ1n) is 6.66. The van der Waals surface area contributed by atoms with Gasteiger partial charge in [-0.1, -0.05) is 43.7 Å². The predicted octanol–water partition coefficient (Wildman–Crippen LogP) is 3.01. The lowest BCUT2D eigenvalue weighted by Gasteiger charge is -2.10. The second-order valence-corrected chi connectivity index (χ2v) is 4.67. The highest BCUT2D eigenvalue weighted by atomic mass is 16.4. The van der Waals surface area contributed by atoms with Crippen molar-refractivity contribution in [3.05, 3.63) is 58.5 Å². The van der Waals surface area contributed by atoms with Crippen molar-refractivity contribution < 1.29 is 9.90 Å². The first kappa shape index (κ1) is 14.1. The number of pyridine rings is 1. The van der Waals surface area contributed by atoms with Crippen molar-refractivity contribution >= 4 is 5.97 Å². The van der Waals surface area contributed by atoms with E-state index in [-0.39, 0.29) is 5.56 Å². The van der Waals surface area contributed by atoms with Gasteiger partial charge in [0.05, 0.1) is 0 Å². The predicted molar refractivity (Wildman–Crippen MR) is 78.0 cm³/mol. The van der Waals surface area contributed by atoms with Crippen LogP contribution in [-0.4, -0.2) is 15.6 Å². The summed E-state index contributed by atoms with van der Waals surface area (Å²) in [6.07, 6.45) is 3.53. The van der Waals surface area contributed by atoms with Crippen LogP contribution in [0.25, 0.3) is 11.1 Å². The van der Waals surface area contributed by atoms with Gasteiger partial charge in [-0.25, -0.2) is 4.79 Å². The van der Waals surface area contributed by atoms with E-state index in [9.17, 15) is 14.7 Å². The van der Waals surface area contributed by atoms with Crippen LogP contribution in [0.5, 0.6) is 0 Å². The van der Waals surface area contributed by atoms with Crippen LogP contribution in [0.3, 0.4) is 0 Å². The smallest absolute Gasteiger partial charge is 0.341 e. The molecule has 4 nitrogen and oxygen atoms in total. The highest BCUT2D eigenvalue weighted by Gasteiger charge is 2.13. The fourth-order valence-corrected chi connectivity index (χ4v) is 2.07. The minimum atomic E-state index is -1.18. The number of carbonyl (C=O) groups is 1. The lowest BCUT2D eigenvalue weighted by atomic mass is 10.1. The summed E-state index contributed by atoms with van der Waals surface area (Å²) in [5, 5.41) is 9.17. The normalized spacial score (nSPS) is 10.4. The number of unbranched alkanes of at least 4 members (excludes halogenated alkanes) is 1. The van der Waals surface area contributed by atoms with Crippen molar-refractivity contribution in [3.8, 4) is 11.1 Å². The van der Waals surface area contributed by atoms with Gasteiger partial charge in [0, 0.05) is 12.7 Å². The summed E-state index contributed by atoms with van der Waals surface area (Å²) >= 11 is 0. The SMILES string of the molecule is CCCCn1cc(-c2ccccc2)cc(C(=O)O)c1=O. The lowest BCUT2D eigenvalue weighted by Crippen LogP contribution is -2.26. The van der Waals surface area contributed by atoms with E-state index in [2.05, 4.69) is 0 Å². The fourth-order valence-electron chi connectivity index (χ4n) is 2.07. The zero-order chi connectivity index (χ0) is 14.5. The summed E-state index contributed by atoms with van der Waals surface area (Å²) in [7, 11) is 0. The topological polar surface area (TPSA) is 59.3 Å². The molecule has 2 rings (SSSR count). The first-order valence-corrected chi connectivity index (χ1v) is 6.66. The van der Waals surface area contributed by atoms with Crippen molar-refractivity contribution in [2.45, 2.75) is 26.3 Å². The molecule has 0 aliphatic carbocycles. The van der Waals surface area contributed by atoms with Gasteiger partial charge in [-0.05, 0) is 23.6 Å². The molecule has 0 bridgehead atoms. The highest BCUT2D eigenvalue weighted by molar-refractivity contribution is 5.88. The van der Waals surface area contributed by atoms with Gasteiger partial charge in [-0.15, -0.1) is 0 Å². The Bertz CT molecular complexity index is 659. The van der Waals surface area contributed by atoms with E-state index in [1.165, 1.54) is 10.6 Å². The average Bonchev–Trinajstić information content (AvgIpc) is 2.46. The average molecular weight is 271 g/mol. The third-order valence-corrected chi connectivity index (χ3v) is 3.18. The van der Waals surface area contributed by atoms with Gasteiger partial charge in [-0.3, -0.25) is 4.79 Å². The molecule has 20 heavy (non-hydrogen) atoms. The minimum Gasteiger partial charge on any atom is -0.477 e. The van der Waals surface area contributed by atoms with Crippen molar-refractivity contribution in [1.29, 1.82) is 0 Å². The Morgan fingerprint density at radius 3 is 2.50 bits per heavy atom. The van der Waals surface area contributed by atoms with E-state index >= 15 is 0 Å². The Morgan fingerprint density at radius 1 is 1.20 bits per heavy atom. The van der Waals surface area contributed by atoms with E-state index in [1.54, 1.807) is 6.20 Å². The van der Waals surface area contributed by atoms with Crippen LogP contribution in [0.2, 0.25) is 0 Å². The number of hydrogen-bond acceptors (Lipinski definition) is 2. The van der Waals surface area contributed by atoms with Crippen molar-refractivity contribution in [2.24, 2.45) is 0 Å². The zero-order valence-corrected chi connectivity index (χ0v) is 11.4. The fraction of sp³-hybridized carbons (Fsp3) is 0.250. The Morgan fingerprint density at radius 2 is 1.90 bits per heavy atom. The molecule has 4 heteroatoms. The molecule has 0 spiro atoms. The maximum Gasteiger partial charge on any atom is 0.341 e. The molecule has 0 atom stereocenters. The van der Waals surface area contributed by atoms with Crippen LogP contribution < -0.4 is 5.56 Å². The lowest BCUT2D eigenvalue weighted by molar-refractivity contribution is 0.0694. The Kier molecular flexibility index (Phi) is 4.35. The number of aromatic nitrogens is 1. The molecule has 0 amide bonds. The van der Waals surface area contributed by atoms with E-state index in [0.29, 0.717) is 6.54 Å². The molecule has 1 heterocycles. The maximum absolute atomic E-state index is 12.1. The molecule has 0 fully saturated rings. The van der Waals surface area contributed by atoms with Crippen molar-refractivity contribution in [1.82, 2.24) is 4.57 Å². The van der Waals surface area contributed by atoms with Gasteiger partial charge in [0.2, 0.25) is 0 Å². The summed E-state index contributed by atoms with van der Waals surface area (Å²) < 4.78 is 1.50. The summed E-state index contributed by atoms with van der Waals surface area (Å²) in [4.78, 5) is 23.3. The molecule has 0 radical (unpaired) electrons. The van der Waals surface area contributed by atoms with Gasteiger partial charge >= 0.3 is 5.97 Å². The number of aromatic carboxylic acids is 1. The van der Waals surface area contributed by atoms with E-state index in [1.807, 2.05) is 37.3 Å². The molecule has 1 N–H and O–H groups in total. The van der Waals surface area contributed by atoms with Crippen LogP contribution in [0.15, 0.2) is 47.4 Å². The number of carboxylic acids is 1. The van der Waals surface area contributed by atoms with Crippen molar-refractivity contribution in [2.75, 3.05) is 0 Å². The number of hydrogen-bond donors (Lipinski definition) is 1. The zero-order valence-electron chi connectivity index (χ0n) is 11.4. The number of aryl methyl sites for hydroxylation is 1. The molecule has 0 saturated carbocycles. The van der Waals surface area contributed by atoms with Crippen LogP contribution in [-0.2, 0) is 6.54 Å². The Hall–Kier alpha value is -2.36. The highest BCUT2D eigenvalue weighted by Crippen LogP contribution is 2.18. The number of nitrogens with zero attached hydrogens (tertiary/aromatic N) is 1. The monoisotopic (exact) mass is 271 g/mol. The van der Waals surface area contributed by atoms with Crippen LogP contribution in [0.4, 0.5) is 0 Å².